The minimum absolute atomic E-state index is 0.265. The number of amides is 2. The lowest BCUT2D eigenvalue weighted by Crippen LogP contribution is -2.38. The molecule has 5 rings (SSSR count). The predicted octanol–water partition coefficient (Wildman–Crippen LogP) is 5.85. The van der Waals surface area contributed by atoms with Crippen LogP contribution in [0.25, 0.3) is 5.69 Å². The van der Waals surface area contributed by atoms with Crippen molar-refractivity contribution in [2.45, 2.75) is 19.5 Å². The second kappa shape index (κ2) is 8.96. The number of anilines is 1. The zero-order chi connectivity index (χ0) is 22.8. The van der Waals surface area contributed by atoms with Gasteiger partial charge in [-0.25, -0.2) is 9.59 Å². The van der Waals surface area contributed by atoms with Crippen molar-refractivity contribution < 1.29 is 14.3 Å². The molecule has 3 heterocycles. The molecule has 4 aromatic rings. The standard InChI is InChI=1S/C26H23N3O3S/c1-2-32-25(30)19-10-4-5-11-20(19)27-26(31)29-17-18-9-3-6-12-21(18)28-15-7-13-22(28)24(29)23-14-8-16-33-23/h3-16,24H,2,17H2,1H3,(H,27,31). The fourth-order valence-electron chi connectivity index (χ4n) is 4.25. The molecule has 0 saturated heterocycles. The number of para-hydroxylation sites is 2. The molecule has 0 fully saturated rings. The third kappa shape index (κ3) is 3.91. The van der Waals surface area contributed by atoms with Crippen molar-refractivity contribution in [1.29, 1.82) is 0 Å². The Hall–Kier alpha value is -3.84. The van der Waals surface area contributed by atoms with E-state index in [1.54, 1.807) is 42.5 Å². The number of fused-ring (bicyclic) bond motifs is 3. The molecule has 1 unspecified atom stereocenters. The maximum Gasteiger partial charge on any atom is 0.340 e. The van der Waals surface area contributed by atoms with Crippen LogP contribution in [0.2, 0.25) is 0 Å². The maximum atomic E-state index is 13.8. The highest BCUT2D eigenvalue weighted by atomic mass is 32.1. The molecule has 1 aliphatic rings. The first-order chi connectivity index (χ1) is 16.2. The highest BCUT2D eigenvalue weighted by Crippen LogP contribution is 2.38. The zero-order valence-corrected chi connectivity index (χ0v) is 18.9. The van der Waals surface area contributed by atoms with Crippen LogP contribution in [0.15, 0.2) is 84.4 Å². The average molecular weight is 458 g/mol. The molecule has 0 radical (unpaired) electrons. The average Bonchev–Trinajstić information content (AvgIpc) is 3.51. The molecule has 33 heavy (non-hydrogen) atoms. The first-order valence-electron chi connectivity index (χ1n) is 10.8. The molecule has 2 aromatic heterocycles. The summed E-state index contributed by atoms with van der Waals surface area (Å²) in [5.41, 5.74) is 3.87. The third-order valence-electron chi connectivity index (χ3n) is 5.70. The maximum absolute atomic E-state index is 13.8. The van der Waals surface area contributed by atoms with Gasteiger partial charge in [-0.2, -0.15) is 0 Å². The summed E-state index contributed by atoms with van der Waals surface area (Å²) in [5.74, 6) is -0.460. The number of nitrogens with one attached hydrogen (secondary N) is 1. The Morgan fingerprint density at radius 1 is 1.03 bits per heavy atom. The van der Waals surface area contributed by atoms with Gasteiger partial charge in [-0.05, 0) is 54.3 Å². The molecule has 0 spiro atoms. The molecule has 1 aliphatic heterocycles. The van der Waals surface area contributed by atoms with Crippen molar-refractivity contribution >= 4 is 29.0 Å². The molecule has 1 N–H and O–H groups in total. The molecule has 0 bridgehead atoms. The van der Waals surface area contributed by atoms with E-state index in [4.69, 9.17) is 4.74 Å². The number of carbonyl (C=O) groups is 2. The minimum atomic E-state index is -0.460. The van der Waals surface area contributed by atoms with Crippen LogP contribution in [0.5, 0.6) is 0 Å². The van der Waals surface area contributed by atoms with Gasteiger partial charge in [0.1, 0.15) is 6.04 Å². The number of aromatic nitrogens is 1. The Labute approximate surface area is 196 Å². The number of urea groups is 1. The molecular formula is C26H23N3O3S. The first-order valence-corrected chi connectivity index (χ1v) is 11.7. The lowest BCUT2D eigenvalue weighted by atomic mass is 10.1. The van der Waals surface area contributed by atoms with Gasteiger partial charge in [-0.1, -0.05) is 36.4 Å². The molecular weight excluding hydrogens is 434 g/mol. The number of nitrogens with zero attached hydrogens (tertiary/aromatic N) is 2. The van der Waals surface area contributed by atoms with E-state index in [2.05, 4.69) is 28.1 Å². The highest BCUT2D eigenvalue weighted by Gasteiger charge is 2.34. The molecule has 1 atom stereocenters. The van der Waals surface area contributed by atoms with Crippen molar-refractivity contribution in [2.24, 2.45) is 0 Å². The Kier molecular flexibility index (Phi) is 5.71. The number of rotatable bonds is 4. The molecule has 0 saturated carbocycles. The second-order valence-electron chi connectivity index (χ2n) is 7.67. The largest absolute Gasteiger partial charge is 0.462 e. The van der Waals surface area contributed by atoms with E-state index in [-0.39, 0.29) is 18.7 Å². The summed E-state index contributed by atoms with van der Waals surface area (Å²) >= 11 is 1.62. The summed E-state index contributed by atoms with van der Waals surface area (Å²) in [6.07, 6.45) is 2.03. The number of esters is 1. The molecule has 2 amide bonds. The number of hydrogen-bond acceptors (Lipinski definition) is 4. The number of thiophene rings is 1. The van der Waals surface area contributed by atoms with E-state index in [0.717, 1.165) is 21.8 Å². The van der Waals surface area contributed by atoms with Crippen LogP contribution in [0, 0.1) is 0 Å². The van der Waals surface area contributed by atoms with Crippen molar-refractivity contribution in [3.63, 3.8) is 0 Å². The van der Waals surface area contributed by atoms with Crippen LogP contribution in [-0.4, -0.2) is 28.1 Å². The Bertz CT molecular complexity index is 1300. The second-order valence-corrected chi connectivity index (χ2v) is 8.65. The van der Waals surface area contributed by atoms with Crippen molar-refractivity contribution in [3.05, 3.63) is 106 Å². The third-order valence-corrected chi connectivity index (χ3v) is 6.63. The lowest BCUT2D eigenvalue weighted by molar-refractivity contribution is 0.0527. The zero-order valence-electron chi connectivity index (χ0n) is 18.1. The fourth-order valence-corrected chi connectivity index (χ4v) is 5.10. The fraction of sp³-hybridized carbons (Fsp3) is 0.154. The van der Waals surface area contributed by atoms with E-state index >= 15 is 0 Å². The number of carbonyl (C=O) groups excluding carboxylic acids is 2. The molecule has 166 valence electrons. The first kappa shape index (κ1) is 21.0. The summed E-state index contributed by atoms with van der Waals surface area (Å²) in [6, 6.07) is 22.6. The van der Waals surface area contributed by atoms with Gasteiger partial charge in [0.2, 0.25) is 0 Å². The van der Waals surface area contributed by atoms with E-state index in [1.165, 1.54) is 0 Å². The van der Waals surface area contributed by atoms with Crippen LogP contribution in [0.4, 0.5) is 10.5 Å². The SMILES string of the molecule is CCOC(=O)c1ccccc1NC(=O)N1Cc2ccccc2-n2cccc2C1c1cccs1. The summed E-state index contributed by atoms with van der Waals surface area (Å²) in [7, 11) is 0. The van der Waals surface area contributed by atoms with Gasteiger partial charge in [0, 0.05) is 11.1 Å². The number of hydrogen-bond donors (Lipinski definition) is 1. The van der Waals surface area contributed by atoms with Crippen LogP contribution in [-0.2, 0) is 11.3 Å². The van der Waals surface area contributed by atoms with Crippen molar-refractivity contribution in [3.8, 4) is 5.69 Å². The van der Waals surface area contributed by atoms with Gasteiger partial charge in [-0.15, -0.1) is 11.3 Å². The lowest BCUT2D eigenvalue weighted by Gasteiger charge is -2.30. The van der Waals surface area contributed by atoms with Crippen LogP contribution in [0.3, 0.4) is 0 Å². The topological polar surface area (TPSA) is 63.6 Å². The van der Waals surface area contributed by atoms with Crippen LogP contribution >= 0.6 is 11.3 Å². The summed E-state index contributed by atoms with van der Waals surface area (Å²) < 4.78 is 7.33. The van der Waals surface area contributed by atoms with Gasteiger partial charge in [0.25, 0.3) is 0 Å². The normalized spacial score (nSPS) is 14.7. The van der Waals surface area contributed by atoms with E-state index in [0.29, 0.717) is 17.8 Å². The number of ether oxygens (including phenoxy) is 1. The minimum Gasteiger partial charge on any atom is -0.462 e. The Morgan fingerprint density at radius 3 is 2.67 bits per heavy atom. The number of benzene rings is 2. The smallest absolute Gasteiger partial charge is 0.340 e. The summed E-state index contributed by atoms with van der Waals surface area (Å²) in [6.45, 7) is 2.45. The summed E-state index contributed by atoms with van der Waals surface area (Å²) in [5, 5.41) is 5.00. The van der Waals surface area contributed by atoms with Crippen LogP contribution < -0.4 is 5.32 Å². The van der Waals surface area contributed by atoms with Gasteiger partial charge in [-0.3, -0.25) is 0 Å². The van der Waals surface area contributed by atoms with Gasteiger partial charge >= 0.3 is 12.0 Å². The Morgan fingerprint density at radius 2 is 1.85 bits per heavy atom. The quantitative estimate of drug-likeness (QED) is 0.391. The Balaban J connectivity index is 1.57. The van der Waals surface area contributed by atoms with E-state index < -0.39 is 5.97 Å². The van der Waals surface area contributed by atoms with Crippen LogP contribution in [0.1, 0.15) is 39.5 Å². The molecule has 0 aliphatic carbocycles. The van der Waals surface area contributed by atoms with E-state index in [9.17, 15) is 9.59 Å². The molecule has 7 heteroatoms. The summed E-state index contributed by atoms with van der Waals surface area (Å²) in [4.78, 5) is 29.1. The van der Waals surface area contributed by atoms with Gasteiger partial charge in [0.05, 0.1) is 35.8 Å². The monoisotopic (exact) mass is 457 g/mol. The van der Waals surface area contributed by atoms with Crippen molar-refractivity contribution in [1.82, 2.24) is 9.47 Å². The van der Waals surface area contributed by atoms with Gasteiger partial charge in [0.15, 0.2) is 0 Å². The van der Waals surface area contributed by atoms with E-state index in [1.807, 2.05) is 46.8 Å². The predicted molar refractivity (Wildman–Crippen MR) is 129 cm³/mol. The van der Waals surface area contributed by atoms with Gasteiger partial charge < -0.3 is 19.5 Å². The molecule has 6 nitrogen and oxygen atoms in total. The van der Waals surface area contributed by atoms with Crippen molar-refractivity contribution in [2.75, 3.05) is 11.9 Å². The molecule has 2 aromatic carbocycles. The highest BCUT2D eigenvalue weighted by molar-refractivity contribution is 7.10.